The zero-order valence-corrected chi connectivity index (χ0v) is 10.3. The molecule has 0 spiro atoms. The van der Waals surface area contributed by atoms with Crippen molar-refractivity contribution in [1.29, 1.82) is 0 Å². The van der Waals surface area contributed by atoms with Gasteiger partial charge in [0.2, 0.25) is 6.29 Å². The smallest absolute Gasteiger partial charge is 0.345 e. The number of allylic oxidation sites excluding steroid dienone is 1. The molecule has 4 heteroatoms. The molecule has 1 aliphatic rings. The van der Waals surface area contributed by atoms with Gasteiger partial charge in [0.15, 0.2) is 0 Å². The molecule has 0 N–H and O–H groups in total. The Balaban J connectivity index is 1.93. The molecule has 0 radical (unpaired) electrons. The fourth-order valence-electron chi connectivity index (χ4n) is 1.67. The minimum Gasteiger partial charge on any atom is -0.435 e. The molecule has 4 nitrogen and oxygen atoms in total. The number of ether oxygens (including phenoxy) is 3. The van der Waals surface area contributed by atoms with Gasteiger partial charge in [0.25, 0.3) is 5.95 Å². The molecule has 0 bridgehead atoms. The minimum atomic E-state index is -0.418. The van der Waals surface area contributed by atoms with Gasteiger partial charge in [-0.25, -0.2) is 4.79 Å². The molecule has 1 aromatic rings. The van der Waals surface area contributed by atoms with Crippen molar-refractivity contribution in [2.75, 3.05) is 6.61 Å². The van der Waals surface area contributed by atoms with Crippen molar-refractivity contribution >= 4 is 5.97 Å². The first-order valence-electron chi connectivity index (χ1n) is 6.05. The van der Waals surface area contributed by atoms with Crippen LogP contribution < -0.4 is 0 Å². The SMILES string of the molecule is CCOC1CCC=C(OC(=O)c2ccccc2)O1. The van der Waals surface area contributed by atoms with E-state index in [2.05, 4.69) is 0 Å². The molecule has 1 aliphatic heterocycles. The van der Waals surface area contributed by atoms with E-state index in [9.17, 15) is 4.79 Å². The summed E-state index contributed by atoms with van der Waals surface area (Å²) in [7, 11) is 0. The van der Waals surface area contributed by atoms with Gasteiger partial charge in [-0.2, -0.15) is 0 Å². The molecule has 0 fully saturated rings. The minimum absolute atomic E-state index is 0.230. The molecule has 96 valence electrons. The molecule has 2 rings (SSSR count). The summed E-state index contributed by atoms with van der Waals surface area (Å²) < 4.78 is 15.9. The lowest BCUT2D eigenvalue weighted by molar-refractivity contribution is -0.149. The van der Waals surface area contributed by atoms with Crippen LogP contribution in [0.15, 0.2) is 42.4 Å². The van der Waals surface area contributed by atoms with Crippen molar-refractivity contribution in [3.63, 3.8) is 0 Å². The summed E-state index contributed by atoms with van der Waals surface area (Å²) in [6.07, 6.45) is 3.00. The fourth-order valence-corrected chi connectivity index (χ4v) is 1.67. The Morgan fingerprint density at radius 3 is 2.89 bits per heavy atom. The topological polar surface area (TPSA) is 44.8 Å². The lowest BCUT2D eigenvalue weighted by atomic mass is 10.2. The van der Waals surface area contributed by atoms with Gasteiger partial charge < -0.3 is 14.2 Å². The van der Waals surface area contributed by atoms with E-state index in [-0.39, 0.29) is 12.2 Å². The van der Waals surface area contributed by atoms with Gasteiger partial charge in [0.05, 0.1) is 5.56 Å². The standard InChI is InChI=1S/C14H16O4/c1-2-16-12-9-6-10-13(17-12)18-14(15)11-7-4-3-5-8-11/h3-5,7-8,10,12H,2,6,9H2,1H3. The third-order valence-electron chi connectivity index (χ3n) is 2.52. The molecule has 0 aromatic heterocycles. The molecular formula is C14H16O4. The third kappa shape index (κ3) is 3.34. The predicted molar refractivity (Wildman–Crippen MR) is 65.7 cm³/mol. The van der Waals surface area contributed by atoms with Crippen LogP contribution in [0.5, 0.6) is 0 Å². The number of esters is 1. The number of hydrogen-bond acceptors (Lipinski definition) is 4. The lowest BCUT2D eigenvalue weighted by Gasteiger charge is -2.23. The number of rotatable bonds is 4. The zero-order chi connectivity index (χ0) is 12.8. The largest absolute Gasteiger partial charge is 0.435 e. The second kappa shape index (κ2) is 6.21. The van der Waals surface area contributed by atoms with E-state index in [1.165, 1.54) is 0 Å². The van der Waals surface area contributed by atoms with E-state index in [0.717, 1.165) is 12.8 Å². The Hall–Kier alpha value is -1.81. The first-order valence-corrected chi connectivity index (χ1v) is 6.05. The van der Waals surface area contributed by atoms with Crippen molar-refractivity contribution in [2.24, 2.45) is 0 Å². The maximum atomic E-state index is 11.8. The maximum Gasteiger partial charge on any atom is 0.345 e. The van der Waals surface area contributed by atoms with Gasteiger partial charge in [0, 0.05) is 13.0 Å². The Morgan fingerprint density at radius 1 is 1.39 bits per heavy atom. The Labute approximate surface area is 106 Å². The highest BCUT2D eigenvalue weighted by Gasteiger charge is 2.20. The summed E-state index contributed by atoms with van der Waals surface area (Å²) in [4.78, 5) is 11.8. The quantitative estimate of drug-likeness (QED) is 0.768. The van der Waals surface area contributed by atoms with E-state index in [0.29, 0.717) is 12.2 Å². The molecule has 1 atom stereocenters. The number of carbonyl (C=O) groups excluding carboxylic acids is 1. The summed E-state index contributed by atoms with van der Waals surface area (Å²) in [5, 5.41) is 0. The van der Waals surface area contributed by atoms with Crippen LogP contribution in [0.25, 0.3) is 0 Å². The fraction of sp³-hybridized carbons (Fsp3) is 0.357. The van der Waals surface area contributed by atoms with Crippen molar-refractivity contribution in [1.82, 2.24) is 0 Å². The first kappa shape index (κ1) is 12.6. The zero-order valence-electron chi connectivity index (χ0n) is 10.3. The Kier molecular flexibility index (Phi) is 4.36. The van der Waals surface area contributed by atoms with Crippen LogP contribution in [0.4, 0.5) is 0 Å². The highest BCUT2D eigenvalue weighted by atomic mass is 16.8. The second-order valence-corrected chi connectivity index (χ2v) is 3.86. The van der Waals surface area contributed by atoms with Gasteiger partial charge in [-0.05, 0) is 31.6 Å². The summed E-state index contributed by atoms with van der Waals surface area (Å²) in [5.41, 5.74) is 0.500. The van der Waals surface area contributed by atoms with Gasteiger partial charge in [-0.1, -0.05) is 18.2 Å². The highest BCUT2D eigenvalue weighted by molar-refractivity contribution is 5.89. The first-order chi connectivity index (χ1) is 8.79. The van der Waals surface area contributed by atoms with Crippen molar-refractivity contribution < 1.29 is 19.0 Å². The molecular weight excluding hydrogens is 232 g/mol. The van der Waals surface area contributed by atoms with Gasteiger partial charge in [-0.15, -0.1) is 0 Å². The van der Waals surface area contributed by atoms with Crippen LogP contribution in [-0.2, 0) is 14.2 Å². The molecule has 18 heavy (non-hydrogen) atoms. The summed E-state index contributed by atoms with van der Waals surface area (Å²) in [5.74, 6) is -0.187. The Bertz CT molecular complexity index is 425. The maximum absolute atomic E-state index is 11.8. The average Bonchev–Trinajstić information content (AvgIpc) is 2.40. The summed E-state index contributed by atoms with van der Waals surface area (Å²) in [6.45, 7) is 2.47. The monoisotopic (exact) mass is 248 g/mol. The molecule has 1 unspecified atom stereocenters. The van der Waals surface area contributed by atoms with Crippen molar-refractivity contribution in [2.45, 2.75) is 26.1 Å². The summed E-state index contributed by atoms with van der Waals surface area (Å²) in [6, 6.07) is 8.82. The Morgan fingerprint density at radius 2 is 2.17 bits per heavy atom. The molecule has 0 aliphatic carbocycles. The van der Waals surface area contributed by atoms with E-state index < -0.39 is 5.97 Å². The molecule has 1 heterocycles. The molecule has 0 saturated carbocycles. The van der Waals surface area contributed by atoms with Crippen LogP contribution in [-0.4, -0.2) is 18.9 Å². The third-order valence-corrected chi connectivity index (χ3v) is 2.52. The summed E-state index contributed by atoms with van der Waals surface area (Å²) >= 11 is 0. The van der Waals surface area contributed by atoms with E-state index in [4.69, 9.17) is 14.2 Å². The van der Waals surface area contributed by atoms with Gasteiger partial charge in [0.1, 0.15) is 0 Å². The second-order valence-electron chi connectivity index (χ2n) is 3.86. The average molecular weight is 248 g/mol. The number of benzene rings is 1. The van der Waals surface area contributed by atoms with Gasteiger partial charge in [-0.3, -0.25) is 0 Å². The van der Waals surface area contributed by atoms with Crippen molar-refractivity contribution in [3.05, 3.63) is 47.9 Å². The van der Waals surface area contributed by atoms with Gasteiger partial charge >= 0.3 is 5.97 Å². The van der Waals surface area contributed by atoms with Crippen LogP contribution in [0.1, 0.15) is 30.1 Å². The van der Waals surface area contributed by atoms with E-state index >= 15 is 0 Å². The normalized spacial score (nSPS) is 18.7. The molecule has 0 amide bonds. The molecule has 1 aromatic carbocycles. The van der Waals surface area contributed by atoms with Crippen LogP contribution in [0.2, 0.25) is 0 Å². The van der Waals surface area contributed by atoms with Crippen LogP contribution in [0, 0.1) is 0 Å². The molecule has 0 saturated heterocycles. The highest BCUT2D eigenvalue weighted by Crippen LogP contribution is 2.19. The van der Waals surface area contributed by atoms with Crippen LogP contribution >= 0.6 is 0 Å². The number of hydrogen-bond donors (Lipinski definition) is 0. The van der Waals surface area contributed by atoms with E-state index in [1.807, 2.05) is 13.0 Å². The van der Waals surface area contributed by atoms with Crippen molar-refractivity contribution in [3.8, 4) is 0 Å². The van der Waals surface area contributed by atoms with Crippen LogP contribution in [0.3, 0.4) is 0 Å². The van der Waals surface area contributed by atoms with E-state index in [1.54, 1.807) is 30.3 Å². The predicted octanol–water partition coefficient (Wildman–Crippen LogP) is 2.86. The number of carbonyl (C=O) groups is 1. The lowest BCUT2D eigenvalue weighted by Crippen LogP contribution is -2.22.